The predicted octanol–water partition coefficient (Wildman–Crippen LogP) is 4.68. The van der Waals surface area contributed by atoms with Crippen LogP contribution >= 0.6 is 0 Å². The van der Waals surface area contributed by atoms with Crippen LogP contribution in [0.2, 0.25) is 0 Å². The molecule has 0 bridgehead atoms. The van der Waals surface area contributed by atoms with Crippen molar-refractivity contribution in [2.75, 3.05) is 13.2 Å². The van der Waals surface area contributed by atoms with E-state index in [9.17, 15) is 4.79 Å². The number of ether oxygens (including phenoxy) is 2. The minimum atomic E-state index is 0.0583. The Bertz CT molecular complexity index is 685. The summed E-state index contributed by atoms with van der Waals surface area (Å²) in [6.07, 6.45) is 1.99. The Morgan fingerprint density at radius 3 is 2.31 bits per heavy atom. The zero-order chi connectivity index (χ0) is 18.8. The molecule has 0 unspecified atom stereocenters. The largest absolute Gasteiger partial charge is 0.490 e. The molecule has 1 N–H and O–H groups in total. The molecule has 0 aliphatic carbocycles. The van der Waals surface area contributed by atoms with E-state index in [1.807, 2.05) is 50.2 Å². The molecule has 0 saturated heterocycles. The van der Waals surface area contributed by atoms with Crippen LogP contribution in [0, 0.1) is 0 Å². The van der Waals surface area contributed by atoms with Crippen LogP contribution in [0.3, 0.4) is 0 Å². The highest BCUT2D eigenvalue weighted by Crippen LogP contribution is 2.29. The molecule has 26 heavy (non-hydrogen) atoms. The minimum Gasteiger partial charge on any atom is -0.490 e. The molecule has 1 amide bonds. The van der Waals surface area contributed by atoms with Crippen molar-refractivity contribution in [3.8, 4) is 11.5 Å². The van der Waals surface area contributed by atoms with Gasteiger partial charge in [0.05, 0.1) is 19.3 Å². The number of nitrogens with one attached hydrogen (secondary N) is 1. The Kier molecular flexibility index (Phi) is 8.00. The minimum absolute atomic E-state index is 0.0583. The lowest BCUT2D eigenvalue weighted by Crippen LogP contribution is -2.28. The second kappa shape index (κ2) is 10.5. The number of hydrogen-bond acceptors (Lipinski definition) is 3. The Morgan fingerprint density at radius 2 is 1.65 bits per heavy atom. The first-order chi connectivity index (χ1) is 12.7. The molecule has 0 saturated carbocycles. The van der Waals surface area contributed by atoms with Gasteiger partial charge in [-0.1, -0.05) is 43.3 Å². The summed E-state index contributed by atoms with van der Waals surface area (Å²) < 4.78 is 11.2. The average Bonchev–Trinajstić information content (AvgIpc) is 2.67. The van der Waals surface area contributed by atoms with E-state index >= 15 is 0 Å². The third-order valence-electron chi connectivity index (χ3n) is 4.19. The number of carbonyl (C=O) groups excluding carboxylic acids is 1. The predicted molar refractivity (Wildman–Crippen MR) is 105 cm³/mol. The zero-order valence-corrected chi connectivity index (χ0v) is 16.0. The number of rotatable bonds is 10. The highest BCUT2D eigenvalue weighted by atomic mass is 16.5. The first-order valence-corrected chi connectivity index (χ1v) is 9.40. The van der Waals surface area contributed by atoms with Crippen LogP contribution in [0.4, 0.5) is 0 Å². The molecule has 0 aromatic heterocycles. The fourth-order valence-corrected chi connectivity index (χ4v) is 2.88. The van der Waals surface area contributed by atoms with Crippen molar-refractivity contribution < 1.29 is 14.3 Å². The molecule has 0 spiro atoms. The zero-order valence-electron chi connectivity index (χ0n) is 16.0. The van der Waals surface area contributed by atoms with Gasteiger partial charge in [0.2, 0.25) is 5.91 Å². The molecule has 0 radical (unpaired) electrons. The van der Waals surface area contributed by atoms with Crippen molar-refractivity contribution in [2.45, 2.75) is 46.1 Å². The smallest absolute Gasteiger partial charge is 0.220 e. The summed E-state index contributed by atoms with van der Waals surface area (Å²) in [5.41, 5.74) is 2.21. The molecule has 140 valence electrons. The van der Waals surface area contributed by atoms with Crippen molar-refractivity contribution in [1.29, 1.82) is 0 Å². The summed E-state index contributed by atoms with van der Waals surface area (Å²) >= 11 is 0. The number of benzene rings is 2. The van der Waals surface area contributed by atoms with E-state index in [4.69, 9.17) is 9.47 Å². The molecule has 2 rings (SSSR count). The van der Waals surface area contributed by atoms with E-state index in [0.29, 0.717) is 26.1 Å². The number of aryl methyl sites for hydroxylation is 1. The van der Waals surface area contributed by atoms with Crippen LogP contribution in [-0.2, 0) is 11.2 Å². The maximum absolute atomic E-state index is 12.4. The van der Waals surface area contributed by atoms with Gasteiger partial charge in [0.15, 0.2) is 11.5 Å². The van der Waals surface area contributed by atoms with Gasteiger partial charge in [-0.25, -0.2) is 0 Å². The highest BCUT2D eigenvalue weighted by molar-refractivity contribution is 5.76. The van der Waals surface area contributed by atoms with Gasteiger partial charge in [-0.3, -0.25) is 4.79 Å². The molecule has 2 aromatic rings. The molecule has 4 heteroatoms. The van der Waals surface area contributed by atoms with Gasteiger partial charge in [-0.05, 0) is 49.9 Å². The fraction of sp³-hybridized carbons (Fsp3) is 0.409. The summed E-state index contributed by atoms with van der Waals surface area (Å²) in [7, 11) is 0. The summed E-state index contributed by atoms with van der Waals surface area (Å²) in [4.78, 5) is 12.4. The van der Waals surface area contributed by atoms with Crippen LogP contribution < -0.4 is 14.8 Å². The standard InChI is InChI=1S/C22H29NO3/c1-4-19(18-10-8-7-9-11-18)23-22(24)15-13-17-12-14-20(25-5-2)21(16-17)26-6-3/h7-12,14,16,19H,4-6,13,15H2,1-3H3,(H,23,24)/t19-/m1/s1. The van der Waals surface area contributed by atoms with E-state index in [1.54, 1.807) is 0 Å². The first kappa shape index (κ1) is 19.8. The summed E-state index contributed by atoms with van der Waals surface area (Å²) in [6, 6.07) is 16.0. The molecular formula is C22H29NO3. The van der Waals surface area contributed by atoms with Gasteiger partial charge in [-0.2, -0.15) is 0 Å². The lowest BCUT2D eigenvalue weighted by atomic mass is 10.0. The van der Waals surface area contributed by atoms with Gasteiger partial charge in [-0.15, -0.1) is 0 Å². The lowest BCUT2D eigenvalue weighted by Gasteiger charge is -2.17. The third-order valence-corrected chi connectivity index (χ3v) is 4.19. The maximum atomic E-state index is 12.4. The molecule has 4 nitrogen and oxygen atoms in total. The van der Waals surface area contributed by atoms with Gasteiger partial charge in [0.1, 0.15) is 0 Å². The van der Waals surface area contributed by atoms with E-state index in [1.165, 1.54) is 0 Å². The Hall–Kier alpha value is -2.49. The average molecular weight is 355 g/mol. The van der Waals surface area contributed by atoms with E-state index < -0.39 is 0 Å². The van der Waals surface area contributed by atoms with Gasteiger partial charge in [0.25, 0.3) is 0 Å². The van der Waals surface area contributed by atoms with E-state index in [-0.39, 0.29) is 11.9 Å². The van der Waals surface area contributed by atoms with Crippen LogP contribution in [0.5, 0.6) is 11.5 Å². The highest BCUT2D eigenvalue weighted by Gasteiger charge is 2.13. The van der Waals surface area contributed by atoms with Gasteiger partial charge >= 0.3 is 0 Å². The van der Waals surface area contributed by atoms with Crippen molar-refractivity contribution in [3.05, 3.63) is 59.7 Å². The lowest BCUT2D eigenvalue weighted by molar-refractivity contribution is -0.121. The molecule has 0 aliphatic rings. The quantitative estimate of drug-likeness (QED) is 0.673. The van der Waals surface area contributed by atoms with Crippen molar-refractivity contribution >= 4 is 5.91 Å². The van der Waals surface area contributed by atoms with Crippen molar-refractivity contribution in [1.82, 2.24) is 5.32 Å². The summed E-state index contributed by atoms with van der Waals surface area (Å²) in [6.45, 7) is 7.16. The molecular weight excluding hydrogens is 326 g/mol. The van der Waals surface area contributed by atoms with Crippen molar-refractivity contribution in [2.24, 2.45) is 0 Å². The second-order valence-electron chi connectivity index (χ2n) is 6.09. The molecule has 0 fully saturated rings. The summed E-state index contributed by atoms with van der Waals surface area (Å²) in [5.74, 6) is 1.55. The van der Waals surface area contributed by atoms with Crippen LogP contribution in [0.15, 0.2) is 48.5 Å². The number of amides is 1. The van der Waals surface area contributed by atoms with Gasteiger partial charge in [0, 0.05) is 6.42 Å². The van der Waals surface area contributed by atoms with Crippen LogP contribution in [0.25, 0.3) is 0 Å². The van der Waals surface area contributed by atoms with Crippen LogP contribution in [0.1, 0.15) is 50.8 Å². The number of carbonyl (C=O) groups is 1. The van der Waals surface area contributed by atoms with Gasteiger partial charge < -0.3 is 14.8 Å². The second-order valence-corrected chi connectivity index (χ2v) is 6.09. The fourth-order valence-electron chi connectivity index (χ4n) is 2.88. The molecule has 1 atom stereocenters. The monoisotopic (exact) mass is 355 g/mol. The normalized spacial score (nSPS) is 11.7. The topological polar surface area (TPSA) is 47.6 Å². The van der Waals surface area contributed by atoms with Crippen LogP contribution in [-0.4, -0.2) is 19.1 Å². The molecule has 2 aromatic carbocycles. The maximum Gasteiger partial charge on any atom is 0.220 e. The Labute approximate surface area is 156 Å². The first-order valence-electron chi connectivity index (χ1n) is 9.40. The van der Waals surface area contributed by atoms with E-state index in [0.717, 1.165) is 29.0 Å². The Balaban J connectivity index is 1.95. The van der Waals surface area contributed by atoms with Crippen molar-refractivity contribution in [3.63, 3.8) is 0 Å². The Morgan fingerprint density at radius 1 is 0.962 bits per heavy atom. The summed E-state index contributed by atoms with van der Waals surface area (Å²) in [5, 5.41) is 3.13. The van der Waals surface area contributed by atoms with E-state index in [2.05, 4.69) is 24.4 Å². The SMILES string of the molecule is CCOc1ccc(CCC(=O)N[C@H](CC)c2ccccc2)cc1OCC. The number of hydrogen-bond donors (Lipinski definition) is 1. The molecule has 0 heterocycles. The molecule has 0 aliphatic heterocycles. The third kappa shape index (κ3) is 5.80.